The van der Waals surface area contributed by atoms with Crippen molar-refractivity contribution >= 4 is 0 Å². The Kier molecular flexibility index (Phi) is 5.86. The second-order valence-electron chi connectivity index (χ2n) is 6.37. The maximum absolute atomic E-state index is 14.2. The molecule has 0 aromatic rings. The van der Waals surface area contributed by atoms with Gasteiger partial charge in [0, 0.05) is 6.42 Å². The van der Waals surface area contributed by atoms with Gasteiger partial charge in [0.2, 0.25) is 0 Å². The first-order chi connectivity index (χ1) is 10.3. The number of hydrogen-bond donors (Lipinski definition) is 0. The molecule has 6 atom stereocenters. The van der Waals surface area contributed by atoms with Crippen molar-refractivity contribution in [3.63, 3.8) is 0 Å². The molecule has 6 unspecified atom stereocenters. The van der Waals surface area contributed by atoms with Crippen molar-refractivity contribution in [3.05, 3.63) is 12.2 Å². The van der Waals surface area contributed by atoms with Crippen molar-refractivity contribution in [1.29, 1.82) is 0 Å². The maximum Gasteiger partial charge on any atom is 0.361 e. The highest BCUT2D eigenvalue weighted by Crippen LogP contribution is 2.43. The van der Waals surface area contributed by atoms with Crippen LogP contribution in [0.3, 0.4) is 0 Å². The third-order valence-electron chi connectivity index (χ3n) is 4.68. The van der Waals surface area contributed by atoms with E-state index in [2.05, 4.69) is 0 Å². The summed E-state index contributed by atoms with van der Waals surface area (Å²) in [6.45, 7) is 1.81. The van der Waals surface area contributed by atoms with E-state index in [9.17, 15) is 22.0 Å². The van der Waals surface area contributed by atoms with Crippen LogP contribution in [0, 0.1) is 11.8 Å². The molecule has 22 heavy (non-hydrogen) atoms. The van der Waals surface area contributed by atoms with Gasteiger partial charge in [-0.05, 0) is 44.9 Å². The third kappa shape index (κ3) is 4.21. The molecule has 2 aliphatic rings. The first kappa shape index (κ1) is 17.7. The molecule has 0 aromatic heterocycles. The summed E-state index contributed by atoms with van der Waals surface area (Å²) in [6.07, 6.45) is -6.00. The van der Waals surface area contributed by atoms with Crippen LogP contribution in [-0.4, -0.2) is 30.7 Å². The van der Waals surface area contributed by atoms with Crippen LogP contribution in [0.4, 0.5) is 22.0 Å². The molecule has 2 aliphatic carbocycles. The summed E-state index contributed by atoms with van der Waals surface area (Å²) < 4.78 is 73.5. The zero-order valence-electron chi connectivity index (χ0n) is 12.7. The molecule has 2 rings (SSSR count). The van der Waals surface area contributed by atoms with Crippen LogP contribution in [0.1, 0.15) is 45.4 Å². The highest BCUT2D eigenvalue weighted by atomic mass is 19.3. The van der Waals surface area contributed by atoms with Crippen LogP contribution in [0.5, 0.6) is 0 Å². The lowest BCUT2D eigenvalue weighted by Crippen LogP contribution is -2.45. The van der Waals surface area contributed by atoms with Gasteiger partial charge >= 0.3 is 6.11 Å². The van der Waals surface area contributed by atoms with E-state index in [1.807, 2.05) is 13.0 Å². The number of rotatable bonds is 4. The van der Waals surface area contributed by atoms with E-state index in [1.54, 1.807) is 6.08 Å². The van der Waals surface area contributed by atoms with Gasteiger partial charge in [-0.1, -0.05) is 12.2 Å². The highest BCUT2D eigenvalue weighted by Gasteiger charge is 2.50. The Hall–Kier alpha value is -0.650. The van der Waals surface area contributed by atoms with Crippen molar-refractivity contribution in [2.75, 3.05) is 0 Å². The van der Waals surface area contributed by atoms with E-state index < -0.39 is 36.6 Å². The lowest BCUT2D eigenvalue weighted by Gasteiger charge is -2.38. The van der Waals surface area contributed by atoms with E-state index in [0.717, 1.165) is 0 Å². The fraction of sp³-hybridized carbons (Fsp3) is 0.875. The Morgan fingerprint density at radius 2 is 1.64 bits per heavy atom. The molecule has 0 aliphatic heterocycles. The first-order valence-corrected chi connectivity index (χ1v) is 7.94. The molecule has 6 heteroatoms. The number of ether oxygens (including phenoxy) is 1. The monoisotopic (exact) mass is 326 g/mol. The SMILES string of the molecule is C/C=C/C1CCC(C(F)(F)OC2CCC(F)C(F)C2)C(F)C1. The summed E-state index contributed by atoms with van der Waals surface area (Å²) in [6, 6.07) is 0. The molecule has 0 spiro atoms. The van der Waals surface area contributed by atoms with Crippen molar-refractivity contribution in [3.8, 4) is 0 Å². The van der Waals surface area contributed by atoms with Crippen molar-refractivity contribution in [2.45, 2.75) is 76.2 Å². The molecule has 0 N–H and O–H groups in total. The average molecular weight is 326 g/mol. The zero-order valence-corrected chi connectivity index (χ0v) is 12.7. The van der Waals surface area contributed by atoms with Crippen LogP contribution in [-0.2, 0) is 4.74 Å². The minimum atomic E-state index is -3.63. The summed E-state index contributed by atoms with van der Waals surface area (Å²) >= 11 is 0. The van der Waals surface area contributed by atoms with E-state index >= 15 is 0 Å². The molecule has 0 radical (unpaired) electrons. The zero-order chi connectivity index (χ0) is 16.3. The molecule has 128 valence electrons. The van der Waals surface area contributed by atoms with Gasteiger partial charge < -0.3 is 4.74 Å². The fourth-order valence-electron chi connectivity index (χ4n) is 3.43. The molecule has 2 fully saturated rings. The van der Waals surface area contributed by atoms with Gasteiger partial charge in [0.05, 0.1) is 12.0 Å². The standard InChI is InChI=1S/C16H23F5O/c1-2-3-10-4-6-12(14(18)8-10)16(20,21)22-11-5-7-13(17)15(19)9-11/h2-3,10-15H,4-9H2,1H3/b3-2+. The lowest BCUT2D eigenvalue weighted by atomic mass is 9.79. The van der Waals surface area contributed by atoms with Crippen LogP contribution in [0.15, 0.2) is 12.2 Å². The number of allylic oxidation sites excluding steroid dienone is 2. The molecule has 0 amide bonds. The highest BCUT2D eigenvalue weighted by molar-refractivity contribution is 4.94. The molecule has 0 aromatic carbocycles. The summed E-state index contributed by atoms with van der Waals surface area (Å²) in [7, 11) is 0. The van der Waals surface area contributed by atoms with Crippen molar-refractivity contribution in [2.24, 2.45) is 11.8 Å². The Morgan fingerprint density at radius 1 is 0.909 bits per heavy atom. The van der Waals surface area contributed by atoms with Gasteiger partial charge in [0.1, 0.15) is 18.5 Å². The van der Waals surface area contributed by atoms with E-state index in [0.29, 0.717) is 6.42 Å². The summed E-state index contributed by atoms with van der Waals surface area (Å²) in [5.41, 5.74) is 0. The maximum atomic E-state index is 14.2. The van der Waals surface area contributed by atoms with Crippen LogP contribution < -0.4 is 0 Å². The largest absolute Gasteiger partial charge is 0.361 e. The first-order valence-electron chi connectivity index (χ1n) is 7.94. The van der Waals surface area contributed by atoms with Gasteiger partial charge in [0.15, 0.2) is 0 Å². The van der Waals surface area contributed by atoms with Gasteiger partial charge in [-0.3, -0.25) is 0 Å². The second kappa shape index (κ2) is 7.28. The molecule has 1 nitrogen and oxygen atoms in total. The van der Waals surface area contributed by atoms with Gasteiger partial charge in [0.25, 0.3) is 0 Å². The minimum Gasteiger partial charge on any atom is -0.317 e. The number of hydrogen-bond acceptors (Lipinski definition) is 1. The lowest BCUT2D eigenvalue weighted by molar-refractivity contribution is -0.311. The molecular weight excluding hydrogens is 303 g/mol. The van der Waals surface area contributed by atoms with Crippen molar-refractivity contribution in [1.82, 2.24) is 0 Å². The molecule has 2 saturated carbocycles. The van der Waals surface area contributed by atoms with Crippen LogP contribution in [0.25, 0.3) is 0 Å². The molecule has 0 bridgehead atoms. The summed E-state index contributed by atoms with van der Waals surface area (Å²) in [4.78, 5) is 0. The van der Waals surface area contributed by atoms with E-state index in [4.69, 9.17) is 4.74 Å². The quantitative estimate of drug-likeness (QED) is 0.512. The van der Waals surface area contributed by atoms with Gasteiger partial charge in [-0.15, -0.1) is 0 Å². The Balaban J connectivity index is 1.92. The Bertz CT molecular complexity index is 387. The molecule has 0 saturated heterocycles. The molecular formula is C16H23F5O. The van der Waals surface area contributed by atoms with Crippen LogP contribution >= 0.6 is 0 Å². The smallest absolute Gasteiger partial charge is 0.317 e. The predicted molar refractivity (Wildman–Crippen MR) is 74.0 cm³/mol. The third-order valence-corrected chi connectivity index (χ3v) is 4.68. The van der Waals surface area contributed by atoms with Crippen molar-refractivity contribution < 1.29 is 26.7 Å². The van der Waals surface area contributed by atoms with Gasteiger partial charge in [-0.2, -0.15) is 8.78 Å². The summed E-state index contributed by atoms with van der Waals surface area (Å²) in [5.74, 6) is -1.53. The number of alkyl halides is 5. The fourth-order valence-corrected chi connectivity index (χ4v) is 3.43. The topological polar surface area (TPSA) is 9.23 Å². The van der Waals surface area contributed by atoms with E-state index in [-0.39, 0.29) is 38.0 Å². The minimum absolute atomic E-state index is 0.0238. The summed E-state index contributed by atoms with van der Waals surface area (Å²) in [5, 5.41) is 0. The van der Waals surface area contributed by atoms with Gasteiger partial charge in [-0.25, -0.2) is 13.2 Å². The Labute approximate surface area is 127 Å². The normalized spacial score (nSPS) is 41.0. The second-order valence-corrected chi connectivity index (χ2v) is 6.37. The Morgan fingerprint density at radius 3 is 2.23 bits per heavy atom. The van der Waals surface area contributed by atoms with E-state index in [1.165, 1.54) is 0 Å². The number of halogens is 5. The van der Waals surface area contributed by atoms with Crippen LogP contribution in [0.2, 0.25) is 0 Å². The molecule has 0 heterocycles. The average Bonchev–Trinajstić information content (AvgIpc) is 2.43. The predicted octanol–water partition coefficient (Wildman–Crippen LogP) is 5.16.